The third-order valence-corrected chi connectivity index (χ3v) is 3.02. The molecule has 0 saturated heterocycles. The van der Waals surface area contributed by atoms with E-state index in [-0.39, 0.29) is 5.91 Å². The molecule has 0 aliphatic heterocycles. The standard InChI is InChI=1S/C16H25NO3/c1-5-15(16(18)17-11-10-12(2)3)20-14-8-6-13(19-4)7-9-14/h6-9,12,15H,5,10-11H2,1-4H3,(H,17,18)/t15-/m1/s1. The number of methoxy groups -OCH3 is 1. The Kier molecular flexibility index (Phi) is 6.91. The molecule has 0 aliphatic rings. The largest absolute Gasteiger partial charge is 0.497 e. The smallest absolute Gasteiger partial charge is 0.261 e. The summed E-state index contributed by atoms with van der Waals surface area (Å²) in [5.74, 6) is 1.98. The molecule has 1 aromatic carbocycles. The molecular formula is C16H25NO3. The molecule has 20 heavy (non-hydrogen) atoms. The van der Waals surface area contributed by atoms with Crippen molar-refractivity contribution in [1.29, 1.82) is 0 Å². The Morgan fingerprint density at radius 3 is 2.30 bits per heavy atom. The molecule has 112 valence electrons. The monoisotopic (exact) mass is 279 g/mol. The van der Waals surface area contributed by atoms with Gasteiger partial charge in [0.1, 0.15) is 11.5 Å². The fourth-order valence-electron chi connectivity index (χ4n) is 1.74. The fourth-order valence-corrected chi connectivity index (χ4v) is 1.74. The molecule has 0 spiro atoms. The molecule has 0 heterocycles. The number of hydrogen-bond donors (Lipinski definition) is 1. The van der Waals surface area contributed by atoms with E-state index in [1.54, 1.807) is 7.11 Å². The van der Waals surface area contributed by atoms with Gasteiger partial charge in [-0.15, -0.1) is 0 Å². The highest BCUT2D eigenvalue weighted by atomic mass is 16.5. The first kappa shape index (κ1) is 16.3. The number of benzene rings is 1. The Labute approximate surface area is 121 Å². The number of nitrogens with one attached hydrogen (secondary N) is 1. The lowest BCUT2D eigenvalue weighted by molar-refractivity contribution is -0.128. The summed E-state index contributed by atoms with van der Waals surface area (Å²) in [4.78, 5) is 12.0. The van der Waals surface area contributed by atoms with Gasteiger partial charge in [0.15, 0.2) is 6.10 Å². The van der Waals surface area contributed by atoms with Gasteiger partial charge >= 0.3 is 0 Å². The SMILES string of the molecule is CC[C@@H](Oc1ccc(OC)cc1)C(=O)NCCC(C)C. The average Bonchev–Trinajstić information content (AvgIpc) is 2.44. The molecular weight excluding hydrogens is 254 g/mol. The van der Waals surface area contributed by atoms with E-state index < -0.39 is 6.10 Å². The van der Waals surface area contributed by atoms with Gasteiger partial charge < -0.3 is 14.8 Å². The number of carbonyl (C=O) groups excluding carboxylic acids is 1. The van der Waals surface area contributed by atoms with Crippen molar-refractivity contribution in [1.82, 2.24) is 5.32 Å². The summed E-state index contributed by atoms with van der Waals surface area (Å²) in [6.45, 7) is 6.91. The van der Waals surface area contributed by atoms with Crippen LogP contribution in [0.3, 0.4) is 0 Å². The van der Waals surface area contributed by atoms with Gasteiger partial charge in [-0.1, -0.05) is 20.8 Å². The van der Waals surface area contributed by atoms with Crippen LogP contribution in [-0.4, -0.2) is 25.7 Å². The first-order chi connectivity index (χ1) is 9.56. The van der Waals surface area contributed by atoms with Crippen LogP contribution in [0.1, 0.15) is 33.6 Å². The number of carbonyl (C=O) groups is 1. The zero-order valence-corrected chi connectivity index (χ0v) is 12.8. The maximum Gasteiger partial charge on any atom is 0.261 e. The highest BCUT2D eigenvalue weighted by molar-refractivity contribution is 5.81. The van der Waals surface area contributed by atoms with Crippen molar-refractivity contribution in [3.63, 3.8) is 0 Å². The predicted molar refractivity (Wildman–Crippen MR) is 80.2 cm³/mol. The van der Waals surface area contributed by atoms with Crippen LogP contribution < -0.4 is 14.8 Å². The third kappa shape index (κ3) is 5.51. The van der Waals surface area contributed by atoms with Gasteiger partial charge in [-0.25, -0.2) is 0 Å². The van der Waals surface area contributed by atoms with E-state index in [9.17, 15) is 4.79 Å². The normalized spacial score (nSPS) is 12.1. The Bertz CT molecular complexity index is 401. The molecule has 1 amide bonds. The van der Waals surface area contributed by atoms with Crippen LogP contribution in [0.4, 0.5) is 0 Å². The zero-order chi connectivity index (χ0) is 15.0. The predicted octanol–water partition coefficient (Wildman–Crippen LogP) is 3.01. The molecule has 1 aromatic rings. The van der Waals surface area contributed by atoms with Crippen molar-refractivity contribution < 1.29 is 14.3 Å². The van der Waals surface area contributed by atoms with Crippen molar-refractivity contribution >= 4 is 5.91 Å². The summed E-state index contributed by atoms with van der Waals surface area (Å²) >= 11 is 0. The third-order valence-electron chi connectivity index (χ3n) is 3.02. The van der Waals surface area contributed by atoms with Crippen molar-refractivity contribution in [2.45, 2.75) is 39.7 Å². The Balaban J connectivity index is 2.50. The molecule has 0 radical (unpaired) electrons. The van der Waals surface area contributed by atoms with Crippen molar-refractivity contribution in [2.75, 3.05) is 13.7 Å². The van der Waals surface area contributed by atoms with Gasteiger partial charge in [-0.05, 0) is 43.0 Å². The molecule has 1 atom stereocenters. The fraction of sp³-hybridized carbons (Fsp3) is 0.562. The van der Waals surface area contributed by atoms with Gasteiger partial charge in [-0.3, -0.25) is 4.79 Å². The second kappa shape index (κ2) is 8.46. The molecule has 4 nitrogen and oxygen atoms in total. The van der Waals surface area contributed by atoms with E-state index in [2.05, 4.69) is 19.2 Å². The number of hydrogen-bond acceptors (Lipinski definition) is 3. The summed E-state index contributed by atoms with van der Waals surface area (Å²) in [5.41, 5.74) is 0. The van der Waals surface area contributed by atoms with Crippen LogP contribution in [-0.2, 0) is 4.79 Å². The topological polar surface area (TPSA) is 47.6 Å². The Morgan fingerprint density at radius 1 is 1.20 bits per heavy atom. The molecule has 0 aliphatic carbocycles. The lowest BCUT2D eigenvalue weighted by Crippen LogP contribution is -2.38. The molecule has 1 rings (SSSR count). The van der Waals surface area contributed by atoms with Gasteiger partial charge in [-0.2, -0.15) is 0 Å². The molecule has 0 fully saturated rings. The molecule has 0 saturated carbocycles. The van der Waals surface area contributed by atoms with Crippen LogP contribution in [0.5, 0.6) is 11.5 Å². The minimum atomic E-state index is -0.449. The lowest BCUT2D eigenvalue weighted by Gasteiger charge is -2.17. The van der Waals surface area contributed by atoms with Gasteiger partial charge in [0, 0.05) is 6.54 Å². The van der Waals surface area contributed by atoms with Gasteiger partial charge in [0.2, 0.25) is 0 Å². The number of ether oxygens (including phenoxy) is 2. The zero-order valence-electron chi connectivity index (χ0n) is 12.8. The van der Waals surface area contributed by atoms with E-state index in [1.807, 2.05) is 31.2 Å². The number of rotatable bonds is 8. The van der Waals surface area contributed by atoms with Crippen LogP contribution in [0, 0.1) is 5.92 Å². The minimum absolute atomic E-state index is 0.0519. The van der Waals surface area contributed by atoms with Crippen LogP contribution in [0.15, 0.2) is 24.3 Å². The van der Waals surface area contributed by atoms with E-state index >= 15 is 0 Å². The highest BCUT2D eigenvalue weighted by Crippen LogP contribution is 2.18. The molecule has 0 unspecified atom stereocenters. The Morgan fingerprint density at radius 2 is 1.80 bits per heavy atom. The van der Waals surface area contributed by atoms with Crippen LogP contribution in [0.2, 0.25) is 0 Å². The molecule has 4 heteroatoms. The van der Waals surface area contributed by atoms with Crippen molar-refractivity contribution in [3.05, 3.63) is 24.3 Å². The van der Waals surface area contributed by atoms with E-state index in [4.69, 9.17) is 9.47 Å². The van der Waals surface area contributed by atoms with Crippen molar-refractivity contribution in [3.8, 4) is 11.5 Å². The summed E-state index contributed by atoms with van der Waals surface area (Å²) in [6.07, 6.45) is 1.17. The van der Waals surface area contributed by atoms with E-state index in [0.717, 1.165) is 12.2 Å². The van der Waals surface area contributed by atoms with E-state index in [0.29, 0.717) is 24.6 Å². The van der Waals surface area contributed by atoms with E-state index in [1.165, 1.54) is 0 Å². The van der Waals surface area contributed by atoms with Gasteiger partial charge in [0.05, 0.1) is 7.11 Å². The quantitative estimate of drug-likeness (QED) is 0.795. The second-order valence-corrected chi connectivity index (χ2v) is 5.16. The summed E-state index contributed by atoms with van der Waals surface area (Å²) in [6, 6.07) is 7.25. The summed E-state index contributed by atoms with van der Waals surface area (Å²) in [5, 5.41) is 2.92. The van der Waals surface area contributed by atoms with Crippen LogP contribution >= 0.6 is 0 Å². The molecule has 0 aromatic heterocycles. The minimum Gasteiger partial charge on any atom is -0.497 e. The maximum atomic E-state index is 12.0. The lowest BCUT2D eigenvalue weighted by atomic mass is 10.1. The number of amides is 1. The first-order valence-corrected chi connectivity index (χ1v) is 7.15. The van der Waals surface area contributed by atoms with Crippen molar-refractivity contribution in [2.24, 2.45) is 5.92 Å². The highest BCUT2D eigenvalue weighted by Gasteiger charge is 2.17. The first-order valence-electron chi connectivity index (χ1n) is 7.15. The van der Waals surface area contributed by atoms with Gasteiger partial charge in [0.25, 0.3) is 5.91 Å². The molecule has 1 N–H and O–H groups in total. The second-order valence-electron chi connectivity index (χ2n) is 5.16. The maximum absolute atomic E-state index is 12.0. The summed E-state index contributed by atoms with van der Waals surface area (Å²) < 4.78 is 10.8. The van der Waals surface area contributed by atoms with Crippen LogP contribution in [0.25, 0.3) is 0 Å². The average molecular weight is 279 g/mol. The molecule has 0 bridgehead atoms. The Hall–Kier alpha value is -1.71. The summed E-state index contributed by atoms with van der Waals surface area (Å²) in [7, 11) is 1.62.